The van der Waals surface area contributed by atoms with Crippen LogP contribution in [0.15, 0.2) is 48.5 Å². The largest absolute Gasteiger partial charge is 0.485 e. The molecule has 0 saturated carbocycles. The van der Waals surface area contributed by atoms with Crippen molar-refractivity contribution in [1.29, 1.82) is 0 Å². The quantitative estimate of drug-likeness (QED) is 0.880. The summed E-state index contributed by atoms with van der Waals surface area (Å²) in [4.78, 5) is 11.4. The minimum atomic E-state index is -2.93. The maximum Gasteiger partial charge on any atom is 0.387 e. The summed E-state index contributed by atoms with van der Waals surface area (Å²) in [6.07, 6.45) is 0.382. The molecule has 0 aromatic heterocycles. The molecule has 24 heavy (non-hydrogen) atoms. The Labute approximate surface area is 138 Å². The Morgan fingerprint density at radius 1 is 1.12 bits per heavy atom. The lowest BCUT2D eigenvalue weighted by molar-refractivity contribution is -0.119. The van der Waals surface area contributed by atoms with Crippen LogP contribution in [0.5, 0.6) is 11.5 Å². The van der Waals surface area contributed by atoms with E-state index in [0.29, 0.717) is 13.0 Å². The third-order valence-electron chi connectivity index (χ3n) is 3.87. The van der Waals surface area contributed by atoms with Crippen molar-refractivity contribution in [1.82, 2.24) is 5.32 Å². The third-order valence-corrected chi connectivity index (χ3v) is 3.87. The van der Waals surface area contributed by atoms with Gasteiger partial charge < -0.3 is 14.8 Å². The van der Waals surface area contributed by atoms with Gasteiger partial charge in [0.25, 0.3) is 0 Å². The highest BCUT2D eigenvalue weighted by atomic mass is 19.3. The van der Waals surface area contributed by atoms with Gasteiger partial charge in [0.2, 0.25) is 5.91 Å². The predicted molar refractivity (Wildman–Crippen MR) is 84.2 cm³/mol. The molecule has 0 radical (unpaired) electrons. The second-order valence-corrected chi connectivity index (χ2v) is 5.56. The number of amides is 1. The Morgan fingerprint density at radius 3 is 2.58 bits per heavy atom. The Balaban J connectivity index is 1.80. The maximum atomic E-state index is 12.6. The van der Waals surface area contributed by atoms with Gasteiger partial charge in [0.15, 0.2) is 11.5 Å². The van der Waals surface area contributed by atoms with Crippen molar-refractivity contribution in [2.24, 2.45) is 0 Å². The molecule has 1 aliphatic rings. The van der Waals surface area contributed by atoms with Crippen LogP contribution >= 0.6 is 0 Å². The molecular weight excluding hydrogens is 316 g/mol. The van der Waals surface area contributed by atoms with E-state index in [1.54, 1.807) is 12.1 Å². The first-order valence-electron chi connectivity index (χ1n) is 7.64. The van der Waals surface area contributed by atoms with Gasteiger partial charge in [0, 0.05) is 18.9 Å². The van der Waals surface area contributed by atoms with Crippen LogP contribution in [-0.4, -0.2) is 19.1 Å². The summed E-state index contributed by atoms with van der Waals surface area (Å²) in [7, 11) is 0. The number of carbonyl (C=O) groups excluding carboxylic acids is 1. The van der Waals surface area contributed by atoms with E-state index in [-0.39, 0.29) is 29.9 Å². The van der Waals surface area contributed by atoms with E-state index in [1.807, 2.05) is 30.3 Å². The number of hydrogen-bond donors (Lipinski definition) is 1. The van der Waals surface area contributed by atoms with Gasteiger partial charge in [-0.1, -0.05) is 36.4 Å². The fourth-order valence-corrected chi connectivity index (χ4v) is 2.66. The Hall–Kier alpha value is -2.63. The minimum absolute atomic E-state index is 0.0113. The van der Waals surface area contributed by atoms with E-state index in [4.69, 9.17) is 4.74 Å². The van der Waals surface area contributed by atoms with Gasteiger partial charge in [-0.25, -0.2) is 0 Å². The molecule has 1 aliphatic heterocycles. The van der Waals surface area contributed by atoms with Gasteiger partial charge in [-0.3, -0.25) is 4.79 Å². The molecule has 0 aliphatic carbocycles. The molecule has 126 valence electrons. The molecular formula is C18H17F2NO3. The molecule has 0 bridgehead atoms. The lowest BCUT2D eigenvalue weighted by Gasteiger charge is -2.15. The van der Waals surface area contributed by atoms with Gasteiger partial charge in [0.1, 0.15) is 6.61 Å². The van der Waals surface area contributed by atoms with Crippen molar-refractivity contribution in [3.63, 3.8) is 0 Å². The molecule has 2 aromatic carbocycles. The number of hydrogen-bond acceptors (Lipinski definition) is 3. The van der Waals surface area contributed by atoms with Crippen LogP contribution in [0, 0.1) is 0 Å². The van der Waals surface area contributed by atoms with Gasteiger partial charge in [-0.2, -0.15) is 8.78 Å². The zero-order valence-electron chi connectivity index (χ0n) is 12.9. The molecule has 0 spiro atoms. The molecule has 1 N–H and O–H groups in total. The van der Waals surface area contributed by atoms with Gasteiger partial charge in [-0.05, 0) is 23.3 Å². The van der Waals surface area contributed by atoms with Crippen LogP contribution < -0.4 is 14.8 Å². The first-order valence-corrected chi connectivity index (χ1v) is 7.64. The molecule has 4 nitrogen and oxygen atoms in total. The zero-order valence-corrected chi connectivity index (χ0v) is 12.9. The van der Waals surface area contributed by atoms with Crippen LogP contribution in [0.2, 0.25) is 0 Å². The summed E-state index contributed by atoms with van der Waals surface area (Å²) in [5, 5.41) is 2.76. The minimum Gasteiger partial charge on any atom is -0.485 e. The van der Waals surface area contributed by atoms with E-state index in [0.717, 1.165) is 11.1 Å². The maximum absolute atomic E-state index is 12.6. The molecule has 1 fully saturated rings. The highest BCUT2D eigenvalue weighted by molar-refractivity contribution is 5.79. The van der Waals surface area contributed by atoms with E-state index in [1.165, 1.54) is 6.07 Å². The van der Waals surface area contributed by atoms with Crippen molar-refractivity contribution >= 4 is 5.91 Å². The number of benzene rings is 2. The summed E-state index contributed by atoms with van der Waals surface area (Å²) in [6.45, 7) is -2.15. The molecule has 6 heteroatoms. The Morgan fingerprint density at radius 2 is 1.92 bits per heavy atom. The molecule has 1 saturated heterocycles. The highest BCUT2D eigenvalue weighted by Crippen LogP contribution is 2.34. The lowest BCUT2D eigenvalue weighted by Crippen LogP contribution is -2.13. The standard InChI is InChI=1S/C18H17F2NO3/c19-18(20)24-15-7-6-13(14-9-17(22)21-10-14)8-16(15)23-11-12-4-2-1-3-5-12/h1-8,14,18H,9-11H2,(H,21,22)/t14-/m0/s1. The number of alkyl halides is 2. The average Bonchev–Trinajstić information content (AvgIpc) is 3.01. The molecule has 1 heterocycles. The van der Waals surface area contributed by atoms with Gasteiger partial charge >= 0.3 is 6.61 Å². The smallest absolute Gasteiger partial charge is 0.387 e. The highest BCUT2D eigenvalue weighted by Gasteiger charge is 2.24. The number of ether oxygens (including phenoxy) is 2. The predicted octanol–water partition coefficient (Wildman–Crippen LogP) is 3.47. The summed E-state index contributed by atoms with van der Waals surface area (Å²) < 4.78 is 35.4. The van der Waals surface area contributed by atoms with E-state index >= 15 is 0 Å². The molecule has 3 rings (SSSR count). The number of carbonyl (C=O) groups is 1. The Kier molecular flexibility index (Phi) is 4.93. The van der Waals surface area contributed by atoms with E-state index < -0.39 is 6.61 Å². The number of halogens is 2. The monoisotopic (exact) mass is 333 g/mol. The average molecular weight is 333 g/mol. The second-order valence-electron chi connectivity index (χ2n) is 5.56. The van der Waals surface area contributed by atoms with Crippen molar-refractivity contribution in [3.8, 4) is 11.5 Å². The topological polar surface area (TPSA) is 47.6 Å². The van der Waals surface area contributed by atoms with Crippen LogP contribution in [-0.2, 0) is 11.4 Å². The van der Waals surface area contributed by atoms with E-state index in [9.17, 15) is 13.6 Å². The van der Waals surface area contributed by atoms with Gasteiger partial charge in [0.05, 0.1) is 0 Å². The van der Waals surface area contributed by atoms with Crippen molar-refractivity contribution in [2.45, 2.75) is 25.6 Å². The summed E-state index contributed by atoms with van der Waals surface area (Å²) >= 11 is 0. The molecule has 1 atom stereocenters. The van der Waals surface area contributed by atoms with E-state index in [2.05, 4.69) is 10.1 Å². The zero-order chi connectivity index (χ0) is 16.9. The summed E-state index contributed by atoms with van der Waals surface area (Å²) in [5.74, 6) is 0.231. The van der Waals surface area contributed by atoms with Crippen molar-refractivity contribution < 1.29 is 23.0 Å². The van der Waals surface area contributed by atoms with Crippen LogP contribution in [0.3, 0.4) is 0 Å². The molecule has 2 aromatic rings. The van der Waals surface area contributed by atoms with Crippen molar-refractivity contribution in [3.05, 3.63) is 59.7 Å². The van der Waals surface area contributed by atoms with Crippen LogP contribution in [0.25, 0.3) is 0 Å². The molecule has 0 unspecified atom stereocenters. The van der Waals surface area contributed by atoms with Crippen LogP contribution in [0.4, 0.5) is 8.78 Å². The number of rotatable bonds is 6. The summed E-state index contributed by atoms with van der Waals surface area (Å²) in [5.41, 5.74) is 1.78. The van der Waals surface area contributed by atoms with Crippen molar-refractivity contribution in [2.75, 3.05) is 6.54 Å². The number of nitrogens with one attached hydrogen (secondary N) is 1. The SMILES string of the molecule is O=C1C[C@H](c2ccc(OC(F)F)c(OCc3ccccc3)c2)CN1. The fraction of sp³-hybridized carbons (Fsp3) is 0.278. The fourth-order valence-electron chi connectivity index (χ4n) is 2.66. The van der Waals surface area contributed by atoms with Crippen LogP contribution in [0.1, 0.15) is 23.5 Å². The second kappa shape index (κ2) is 7.29. The normalized spacial score (nSPS) is 17.0. The first-order chi connectivity index (χ1) is 11.6. The third kappa shape index (κ3) is 4.01. The van der Waals surface area contributed by atoms with Gasteiger partial charge in [-0.15, -0.1) is 0 Å². The molecule has 1 amide bonds. The first kappa shape index (κ1) is 16.2. The Bertz CT molecular complexity index is 707. The lowest BCUT2D eigenvalue weighted by atomic mass is 9.98. The summed E-state index contributed by atoms with van der Waals surface area (Å²) in [6, 6.07) is 14.2.